The molecule has 0 aromatic carbocycles. The summed E-state index contributed by atoms with van der Waals surface area (Å²) in [5.74, 6) is 1.37. The number of carbonyl (C=O) groups excluding carboxylic acids is 1. The average molecular weight is 304 g/mol. The Balaban J connectivity index is 1.89. The number of hydrogen-bond acceptors (Lipinski definition) is 6. The molecule has 7 heteroatoms. The highest BCUT2D eigenvalue weighted by Crippen LogP contribution is 2.33. The predicted octanol–water partition coefficient (Wildman–Crippen LogP) is 1.82. The van der Waals surface area contributed by atoms with Crippen molar-refractivity contribution in [1.82, 2.24) is 9.97 Å². The van der Waals surface area contributed by atoms with Crippen LogP contribution in [0.5, 0.6) is 5.88 Å². The van der Waals surface area contributed by atoms with Gasteiger partial charge >= 0.3 is 0 Å². The summed E-state index contributed by atoms with van der Waals surface area (Å²) in [6, 6.07) is 0.185. The molecule has 1 amide bonds. The first-order valence-corrected chi connectivity index (χ1v) is 7.61. The lowest BCUT2D eigenvalue weighted by atomic mass is 10.2. The van der Waals surface area contributed by atoms with E-state index in [1.54, 1.807) is 0 Å². The molecular formula is C15H20N4O3. The van der Waals surface area contributed by atoms with Gasteiger partial charge < -0.3 is 20.1 Å². The second kappa shape index (κ2) is 6.74. The first-order chi connectivity index (χ1) is 10.8. The van der Waals surface area contributed by atoms with Crippen LogP contribution in [0.3, 0.4) is 0 Å². The zero-order valence-corrected chi connectivity index (χ0v) is 12.6. The molecule has 1 saturated heterocycles. The van der Waals surface area contributed by atoms with Crippen LogP contribution in [0, 0.1) is 0 Å². The van der Waals surface area contributed by atoms with Gasteiger partial charge in [0.05, 0.1) is 12.6 Å². The Morgan fingerprint density at radius 1 is 1.45 bits per heavy atom. The SMILES string of the molecule is CCC/C=C/c1nc(NC2CCOC2)c2c(n1)OCC(=O)N2. The summed E-state index contributed by atoms with van der Waals surface area (Å²) in [5.41, 5.74) is 0.510. The molecule has 0 radical (unpaired) electrons. The lowest BCUT2D eigenvalue weighted by Crippen LogP contribution is -2.29. The van der Waals surface area contributed by atoms with E-state index in [0.29, 0.717) is 29.8 Å². The number of carbonyl (C=O) groups is 1. The quantitative estimate of drug-likeness (QED) is 0.863. The Kier molecular flexibility index (Phi) is 4.53. The summed E-state index contributed by atoms with van der Waals surface area (Å²) in [4.78, 5) is 20.4. The number of anilines is 2. The summed E-state index contributed by atoms with van der Waals surface area (Å²) >= 11 is 0. The minimum atomic E-state index is -0.198. The van der Waals surface area contributed by atoms with Crippen LogP contribution in [0.4, 0.5) is 11.5 Å². The minimum Gasteiger partial charge on any atom is -0.466 e. The molecule has 22 heavy (non-hydrogen) atoms. The zero-order chi connectivity index (χ0) is 15.4. The molecule has 1 aromatic heterocycles. The molecule has 1 aromatic rings. The largest absolute Gasteiger partial charge is 0.466 e. The molecule has 0 bridgehead atoms. The third-order valence-electron chi connectivity index (χ3n) is 3.49. The summed E-state index contributed by atoms with van der Waals surface area (Å²) in [6.45, 7) is 3.46. The Labute approximate surface area is 129 Å². The predicted molar refractivity (Wildman–Crippen MR) is 82.9 cm³/mol. The van der Waals surface area contributed by atoms with Crippen LogP contribution in [-0.2, 0) is 9.53 Å². The van der Waals surface area contributed by atoms with Crippen LogP contribution in [0.25, 0.3) is 6.08 Å². The van der Waals surface area contributed by atoms with Crippen molar-refractivity contribution >= 4 is 23.5 Å². The van der Waals surface area contributed by atoms with Gasteiger partial charge in [-0.2, -0.15) is 4.98 Å². The molecule has 0 aliphatic carbocycles. The molecule has 0 saturated carbocycles. The van der Waals surface area contributed by atoms with Crippen LogP contribution in [-0.4, -0.2) is 41.7 Å². The van der Waals surface area contributed by atoms with Crippen molar-refractivity contribution in [2.45, 2.75) is 32.2 Å². The molecule has 118 valence electrons. The van der Waals surface area contributed by atoms with Crippen molar-refractivity contribution in [2.75, 3.05) is 30.5 Å². The molecule has 1 unspecified atom stereocenters. The van der Waals surface area contributed by atoms with Crippen molar-refractivity contribution in [3.05, 3.63) is 11.9 Å². The second-order valence-electron chi connectivity index (χ2n) is 5.34. The minimum absolute atomic E-state index is 0.0197. The number of ether oxygens (including phenoxy) is 2. The molecule has 1 atom stereocenters. The van der Waals surface area contributed by atoms with E-state index in [0.717, 1.165) is 25.9 Å². The molecule has 3 heterocycles. The fourth-order valence-electron chi connectivity index (χ4n) is 2.36. The van der Waals surface area contributed by atoms with E-state index < -0.39 is 0 Å². The average Bonchev–Trinajstić information content (AvgIpc) is 3.01. The molecule has 3 rings (SSSR count). The fourth-order valence-corrected chi connectivity index (χ4v) is 2.36. The molecule has 1 fully saturated rings. The summed E-state index contributed by atoms with van der Waals surface area (Å²) in [6.07, 6.45) is 6.86. The molecule has 7 nitrogen and oxygen atoms in total. The fraction of sp³-hybridized carbons (Fsp3) is 0.533. The van der Waals surface area contributed by atoms with Gasteiger partial charge in [0.25, 0.3) is 5.91 Å². The zero-order valence-electron chi connectivity index (χ0n) is 12.6. The van der Waals surface area contributed by atoms with Crippen LogP contribution in [0.15, 0.2) is 6.08 Å². The van der Waals surface area contributed by atoms with E-state index in [1.165, 1.54) is 0 Å². The van der Waals surface area contributed by atoms with Crippen molar-refractivity contribution in [3.8, 4) is 5.88 Å². The molecule has 2 N–H and O–H groups in total. The number of unbranched alkanes of at least 4 members (excludes halogenated alkanes) is 1. The van der Waals surface area contributed by atoms with Gasteiger partial charge in [-0.25, -0.2) is 4.98 Å². The van der Waals surface area contributed by atoms with Gasteiger partial charge in [-0.1, -0.05) is 19.4 Å². The summed E-state index contributed by atoms with van der Waals surface area (Å²) in [5, 5.41) is 6.10. The van der Waals surface area contributed by atoms with Gasteiger partial charge in [-0.05, 0) is 18.9 Å². The maximum Gasteiger partial charge on any atom is 0.262 e. The monoisotopic (exact) mass is 304 g/mol. The van der Waals surface area contributed by atoms with E-state index in [1.807, 2.05) is 12.2 Å². The molecule has 2 aliphatic rings. The normalized spacial score (nSPS) is 20.6. The van der Waals surface area contributed by atoms with E-state index in [4.69, 9.17) is 9.47 Å². The van der Waals surface area contributed by atoms with Gasteiger partial charge in [0.15, 0.2) is 18.2 Å². The topological polar surface area (TPSA) is 85.4 Å². The number of allylic oxidation sites excluding steroid dienone is 1. The van der Waals surface area contributed by atoms with Crippen LogP contribution >= 0.6 is 0 Å². The molecule has 0 spiro atoms. The number of nitrogens with one attached hydrogen (secondary N) is 2. The van der Waals surface area contributed by atoms with E-state index in [2.05, 4.69) is 27.5 Å². The molecular weight excluding hydrogens is 284 g/mol. The van der Waals surface area contributed by atoms with Gasteiger partial charge in [0.1, 0.15) is 5.69 Å². The Morgan fingerprint density at radius 3 is 3.14 bits per heavy atom. The Morgan fingerprint density at radius 2 is 2.36 bits per heavy atom. The van der Waals surface area contributed by atoms with E-state index >= 15 is 0 Å². The summed E-state index contributed by atoms with van der Waals surface area (Å²) in [7, 11) is 0. The van der Waals surface area contributed by atoms with Gasteiger partial charge in [-0.3, -0.25) is 4.79 Å². The van der Waals surface area contributed by atoms with Crippen LogP contribution in [0.1, 0.15) is 32.0 Å². The van der Waals surface area contributed by atoms with Gasteiger partial charge in [0, 0.05) is 6.61 Å². The van der Waals surface area contributed by atoms with Crippen molar-refractivity contribution < 1.29 is 14.3 Å². The molecule has 2 aliphatic heterocycles. The number of amides is 1. The smallest absolute Gasteiger partial charge is 0.262 e. The second-order valence-corrected chi connectivity index (χ2v) is 5.34. The number of rotatable bonds is 5. The maximum absolute atomic E-state index is 11.6. The number of hydrogen-bond donors (Lipinski definition) is 2. The summed E-state index contributed by atoms with van der Waals surface area (Å²) < 4.78 is 10.8. The third-order valence-corrected chi connectivity index (χ3v) is 3.49. The van der Waals surface area contributed by atoms with Crippen LogP contribution in [0.2, 0.25) is 0 Å². The van der Waals surface area contributed by atoms with Gasteiger partial charge in [0.2, 0.25) is 5.88 Å². The van der Waals surface area contributed by atoms with Crippen molar-refractivity contribution in [3.63, 3.8) is 0 Å². The van der Waals surface area contributed by atoms with Crippen molar-refractivity contribution in [2.24, 2.45) is 0 Å². The highest BCUT2D eigenvalue weighted by Gasteiger charge is 2.25. The third kappa shape index (κ3) is 3.36. The van der Waals surface area contributed by atoms with E-state index in [-0.39, 0.29) is 18.6 Å². The van der Waals surface area contributed by atoms with Crippen LogP contribution < -0.4 is 15.4 Å². The number of aromatic nitrogens is 2. The highest BCUT2D eigenvalue weighted by atomic mass is 16.5. The standard InChI is InChI=1S/C15H20N4O3/c1-2-3-4-5-11-17-14(16-10-6-7-21-8-10)13-15(18-11)22-9-12(20)19-13/h4-5,10H,2-3,6-9H2,1H3,(H,19,20)(H,16,17,18)/b5-4+. The Hall–Kier alpha value is -2.15. The number of fused-ring (bicyclic) bond motifs is 1. The van der Waals surface area contributed by atoms with Gasteiger partial charge in [-0.15, -0.1) is 0 Å². The lowest BCUT2D eigenvalue weighted by molar-refractivity contribution is -0.118. The number of nitrogens with zero attached hydrogens (tertiary/aromatic N) is 2. The lowest BCUT2D eigenvalue weighted by Gasteiger charge is -2.21. The first kappa shape index (κ1) is 14.8. The van der Waals surface area contributed by atoms with Crippen molar-refractivity contribution in [1.29, 1.82) is 0 Å². The first-order valence-electron chi connectivity index (χ1n) is 7.61. The van der Waals surface area contributed by atoms with E-state index in [9.17, 15) is 4.79 Å². The maximum atomic E-state index is 11.6. The Bertz CT molecular complexity index is 582. The highest BCUT2D eigenvalue weighted by molar-refractivity contribution is 5.98.